The van der Waals surface area contributed by atoms with Crippen molar-refractivity contribution >= 4 is 17.9 Å². The van der Waals surface area contributed by atoms with E-state index in [1.54, 1.807) is 0 Å². The third-order valence-electron chi connectivity index (χ3n) is 14.7. The van der Waals surface area contributed by atoms with E-state index in [-0.39, 0.29) is 31.1 Å². The lowest BCUT2D eigenvalue weighted by Crippen LogP contribution is -2.30. The molecule has 0 aromatic heterocycles. The molecule has 0 aliphatic carbocycles. The number of ether oxygens (including phenoxy) is 3. The Bertz CT molecular complexity index is 1420. The molecule has 0 aromatic carbocycles. The van der Waals surface area contributed by atoms with Crippen LogP contribution in [0.5, 0.6) is 0 Å². The molecule has 1 unspecified atom stereocenters. The lowest BCUT2D eigenvalue weighted by atomic mass is 10.0. The van der Waals surface area contributed by atoms with Crippen LogP contribution >= 0.6 is 0 Å². The van der Waals surface area contributed by atoms with Crippen molar-refractivity contribution in [1.82, 2.24) is 0 Å². The molecule has 1 atom stereocenters. The number of rotatable bonds is 61. The fourth-order valence-corrected chi connectivity index (χ4v) is 9.66. The molecule has 6 nitrogen and oxygen atoms in total. The van der Waals surface area contributed by atoms with E-state index in [0.29, 0.717) is 19.3 Å². The fourth-order valence-electron chi connectivity index (χ4n) is 9.66. The molecule has 0 bridgehead atoms. The van der Waals surface area contributed by atoms with Crippen molar-refractivity contribution in [2.24, 2.45) is 0 Å². The average molecular weight is 1080 g/mol. The lowest BCUT2D eigenvalue weighted by molar-refractivity contribution is -0.167. The Morgan fingerprint density at radius 2 is 0.506 bits per heavy atom. The van der Waals surface area contributed by atoms with Crippen LogP contribution < -0.4 is 0 Å². The van der Waals surface area contributed by atoms with Gasteiger partial charge in [0.25, 0.3) is 0 Å². The second-order valence-electron chi connectivity index (χ2n) is 22.3. The van der Waals surface area contributed by atoms with Crippen molar-refractivity contribution in [1.29, 1.82) is 0 Å². The van der Waals surface area contributed by atoms with Crippen LogP contribution in [-0.4, -0.2) is 37.2 Å². The summed E-state index contributed by atoms with van der Waals surface area (Å²) in [6.07, 6.45) is 85.0. The van der Waals surface area contributed by atoms with Gasteiger partial charge in [-0.2, -0.15) is 0 Å². The number of hydrogen-bond acceptors (Lipinski definition) is 6. The lowest BCUT2D eigenvalue weighted by Gasteiger charge is -2.18. The van der Waals surface area contributed by atoms with Gasteiger partial charge in [0.1, 0.15) is 13.2 Å². The van der Waals surface area contributed by atoms with Crippen LogP contribution in [0.2, 0.25) is 0 Å². The van der Waals surface area contributed by atoms with Crippen LogP contribution in [0.15, 0.2) is 72.9 Å². The molecule has 77 heavy (non-hydrogen) atoms. The number of carbonyl (C=O) groups excluding carboxylic acids is 3. The van der Waals surface area contributed by atoms with Crippen molar-refractivity contribution < 1.29 is 28.6 Å². The number of carbonyl (C=O) groups is 3. The van der Waals surface area contributed by atoms with Gasteiger partial charge in [0.05, 0.1) is 0 Å². The summed E-state index contributed by atoms with van der Waals surface area (Å²) in [6.45, 7) is 6.51. The summed E-state index contributed by atoms with van der Waals surface area (Å²) in [5.74, 6) is -0.904. The van der Waals surface area contributed by atoms with E-state index in [4.69, 9.17) is 14.2 Å². The zero-order chi connectivity index (χ0) is 55.7. The molecule has 0 spiro atoms. The number of esters is 3. The Morgan fingerprint density at radius 3 is 0.844 bits per heavy atom. The summed E-state index contributed by atoms with van der Waals surface area (Å²) in [7, 11) is 0. The van der Waals surface area contributed by atoms with E-state index in [0.717, 1.165) is 89.9 Å². The van der Waals surface area contributed by atoms with E-state index in [1.165, 1.54) is 212 Å². The third kappa shape index (κ3) is 63.6. The second-order valence-corrected chi connectivity index (χ2v) is 22.3. The molecule has 0 rings (SSSR count). The molecule has 0 amide bonds. The summed E-state index contributed by atoms with van der Waals surface area (Å²) < 4.78 is 16.9. The maximum Gasteiger partial charge on any atom is 0.306 e. The highest BCUT2D eigenvalue weighted by atomic mass is 16.6. The first-order chi connectivity index (χ1) is 38.0. The Hall–Kier alpha value is -3.15. The van der Waals surface area contributed by atoms with Crippen LogP contribution in [0.25, 0.3) is 0 Å². The van der Waals surface area contributed by atoms with E-state index in [9.17, 15) is 14.4 Å². The molecule has 0 fully saturated rings. The normalized spacial score (nSPS) is 12.5. The molecule has 0 aromatic rings. The summed E-state index contributed by atoms with van der Waals surface area (Å²) in [5, 5.41) is 0. The fraction of sp³-hybridized carbons (Fsp3) is 0.789. The SMILES string of the molecule is CC/C=C\C/C=C\C/C=C\CCCCCC(=O)OCC(COC(=O)CCCCCCCCCCCCCCCCC/C=C\CCCCCCCCCC)OC(=O)CCCCCCCCCCC/C=C\C/C=C\CCCCC. The zero-order valence-electron chi connectivity index (χ0n) is 51.2. The average Bonchev–Trinajstić information content (AvgIpc) is 3.43. The minimum Gasteiger partial charge on any atom is -0.462 e. The van der Waals surface area contributed by atoms with Crippen molar-refractivity contribution in [3.63, 3.8) is 0 Å². The first-order valence-electron chi connectivity index (χ1n) is 33.4. The van der Waals surface area contributed by atoms with E-state index < -0.39 is 6.10 Å². The quantitative estimate of drug-likeness (QED) is 0.0261. The van der Waals surface area contributed by atoms with Gasteiger partial charge in [-0.1, -0.05) is 286 Å². The van der Waals surface area contributed by atoms with Crippen LogP contribution in [-0.2, 0) is 28.6 Å². The molecule has 6 heteroatoms. The summed E-state index contributed by atoms with van der Waals surface area (Å²) in [4.78, 5) is 38.3. The number of hydrogen-bond donors (Lipinski definition) is 0. The second kappa shape index (κ2) is 65.4. The Labute approximate surface area is 478 Å². The van der Waals surface area contributed by atoms with E-state index in [1.807, 2.05) is 0 Å². The number of allylic oxidation sites excluding steroid dienone is 12. The van der Waals surface area contributed by atoms with Crippen molar-refractivity contribution in [2.75, 3.05) is 13.2 Å². The molecular weight excluding hydrogens is 949 g/mol. The molecule has 0 heterocycles. The Balaban J connectivity index is 4.26. The van der Waals surface area contributed by atoms with Crippen molar-refractivity contribution in [2.45, 2.75) is 348 Å². The highest BCUT2D eigenvalue weighted by Gasteiger charge is 2.19. The maximum absolute atomic E-state index is 12.9. The Morgan fingerprint density at radius 1 is 0.273 bits per heavy atom. The number of unbranched alkanes of at least 4 members (excludes halogenated alkanes) is 38. The topological polar surface area (TPSA) is 78.9 Å². The minimum atomic E-state index is -0.790. The highest BCUT2D eigenvalue weighted by Crippen LogP contribution is 2.17. The van der Waals surface area contributed by atoms with Gasteiger partial charge in [-0.05, 0) is 109 Å². The van der Waals surface area contributed by atoms with Crippen LogP contribution in [0, 0.1) is 0 Å². The first kappa shape index (κ1) is 73.8. The van der Waals surface area contributed by atoms with Gasteiger partial charge in [0.2, 0.25) is 0 Å². The van der Waals surface area contributed by atoms with Gasteiger partial charge < -0.3 is 14.2 Å². The molecule has 0 aliphatic rings. The third-order valence-corrected chi connectivity index (χ3v) is 14.7. The van der Waals surface area contributed by atoms with Gasteiger partial charge >= 0.3 is 17.9 Å². The van der Waals surface area contributed by atoms with Gasteiger partial charge in [-0.25, -0.2) is 0 Å². The van der Waals surface area contributed by atoms with Crippen LogP contribution in [0.1, 0.15) is 342 Å². The van der Waals surface area contributed by atoms with Gasteiger partial charge in [-0.15, -0.1) is 0 Å². The van der Waals surface area contributed by atoms with Gasteiger partial charge in [-0.3, -0.25) is 14.4 Å². The smallest absolute Gasteiger partial charge is 0.306 e. The summed E-state index contributed by atoms with van der Waals surface area (Å²) in [5.41, 5.74) is 0. The monoisotopic (exact) mass is 1070 g/mol. The molecule has 0 saturated heterocycles. The first-order valence-corrected chi connectivity index (χ1v) is 33.4. The van der Waals surface area contributed by atoms with E-state index >= 15 is 0 Å². The standard InChI is InChI=1S/C71H126O6/c1-4-7-10-13-16-19-22-25-27-29-31-32-33-34-35-36-37-38-40-41-43-46-49-52-55-58-61-64-70(73)76-67-68(66-75-69(72)63-60-57-54-51-48-45-24-21-18-15-12-9-6-3)77-71(74)65-62-59-56-53-50-47-44-42-39-30-28-26-23-20-17-14-11-8-5-2/h9,12,17-18,20-21,26,28-29,31,45,48,68H,4-8,10-11,13-16,19,22-25,27,30,32-44,46-47,49-67H2,1-3H3/b12-9-,20-17-,21-18-,28-26-,31-29-,48-45-. The highest BCUT2D eigenvalue weighted by molar-refractivity contribution is 5.71. The van der Waals surface area contributed by atoms with Gasteiger partial charge in [0.15, 0.2) is 6.10 Å². The van der Waals surface area contributed by atoms with Crippen LogP contribution in [0.3, 0.4) is 0 Å². The molecule has 0 aliphatic heterocycles. The molecule has 0 N–H and O–H groups in total. The van der Waals surface area contributed by atoms with Crippen molar-refractivity contribution in [3.8, 4) is 0 Å². The molecule has 0 radical (unpaired) electrons. The van der Waals surface area contributed by atoms with Gasteiger partial charge in [0, 0.05) is 19.3 Å². The predicted molar refractivity (Wildman–Crippen MR) is 335 cm³/mol. The van der Waals surface area contributed by atoms with E-state index in [2.05, 4.69) is 93.7 Å². The molecular formula is C71H126O6. The Kier molecular flexibility index (Phi) is 62.7. The summed E-state index contributed by atoms with van der Waals surface area (Å²) in [6, 6.07) is 0. The minimum absolute atomic E-state index is 0.0844. The molecule has 446 valence electrons. The maximum atomic E-state index is 12.9. The molecule has 0 saturated carbocycles. The van der Waals surface area contributed by atoms with Crippen LogP contribution in [0.4, 0.5) is 0 Å². The zero-order valence-corrected chi connectivity index (χ0v) is 51.2. The largest absolute Gasteiger partial charge is 0.462 e. The van der Waals surface area contributed by atoms with Crippen molar-refractivity contribution in [3.05, 3.63) is 72.9 Å². The summed E-state index contributed by atoms with van der Waals surface area (Å²) >= 11 is 0. The predicted octanol–water partition coefficient (Wildman–Crippen LogP) is 22.9.